The van der Waals surface area contributed by atoms with Crippen molar-refractivity contribution in [1.29, 1.82) is 0 Å². The number of fused-ring (bicyclic) bond motifs is 12. The van der Waals surface area contributed by atoms with Gasteiger partial charge in [0.05, 0.1) is 5.41 Å². The van der Waals surface area contributed by atoms with Crippen LogP contribution in [0.15, 0.2) is 115 Å². The molecule has 0 radical (unpaired) electrons. The molecule has 150 valence electrons. The van der Waals surface area contributed by atoms with Crippen molar-refractivity contribution in [2.45, 2.75) is 12.3 Å². The molecule has 0 heterocycles. The minimum Gasteiger partial charge on any atom is -0.0619 e. The maximum absolute atomic E-state index is 2.42. The number of benzene rings is 5. The zero-order chi connectivity index (χ0) is 21.3. The van der Waals surface area contributed by atoms with Crippen molar-refractivity contribution < 1.29 is 0 Å². The molecule has 0 saturated carbocycles. The van der Waals surface area contributed by atoms with Crippen LogP contribution in [0.5, 0.6) is 0 Å². The van der Waals surface area contributed by atoms with E-state index in [1.807, 2.05) is 0 Å². The Labute approximate surface area is 188 Å². The Morgan fingerprint density at radius 1 is 0.375 bits per heavy atom. The third-order valence-corrected chi connectivity index (χ3v) is 7.37. The normalized spacial score (nSPS) is 14.0. The molecule has 0 aromatic heterocycles. The summed E-state index contributed by atoms with van der Waals surface area (Å²) in [7, 11) is 0. The van der Waals surface area contributed by atoms with Gasteiger partial charge in [-0.15, -0.1) is 0 Å². The minimum atomic E-state index is -0.343. The van der Waals surface area contributed by atoms with Crippen LogP contribution < -0.4 is 0 Å². The first kappa shape index (κ1) is 17.7. The first-order valence-electron chi connectivity index (χ1n) is 11.3. The van der Waals surface area contributed by atoms with Crippen molar-refractivity contribution in [2.24, 2.45) is 0 Å². The predicted molar refractivity (Wildman–Crippen MR) is 133 cm³/mol. The topological polar surface area (TPSA) is 0 Å². The molecule has 32 heavy (non-hydrogen) atoms. The van der Waals surface area contributed by atoms with Gasteiger partial charge in [-0.25, -0.2) is 0 Å². The summed E-state index contributed by atoms with van der Waals surface area (Å²) in [6.45, 7) is 2.21. The van der Waals surface area contributed by atoms with Crippen LogP contribution in [0.1, 0.15) is 27.8 Å². The quantitative estimate of drug-likeness (QED) is 0.239. The smallest absolute Gasteiger partial charge is 0.0619 e. The van der Waals surface area contributed by atoms with Gasteiger partial charge in [0.15, 0.2) is 0 Å². The first-order valence-corrected chi connectivity index (χ1v) is 11.3. The fraction of sp³-hybridized carbons (Fsp3) is 0.0625. The van der Waals surface area contributed by atoms with E-state index in [9.17, 15) is 0 Å². The molecule has 0 heteroatoms. The summed E-state index contributed by atoms with van der Waals surface area (Å²) in [4.78, 5) is 0. The van der Waals surface area contributed by atoms with Gasteiger partial charge in [-0.3, -0.25) is 0 Å². The average Bonchev–Trinajstić information content (AvgIpc) is 3.10. The van der Waals surface area contributed by atoms with Crippen molar-refractivity contribution in [3.63, 3.8) is 0 Å². The van der Waals surface area contributed by atoms with Crippen molar-refractivity contribution in [3.05, 3.63) is 143 Å². The number of hydrogen-bond donors (Lipinski definition) is 0. The summed E-state index contributed by atoms with van der Waals surface area (Å²) in [6.07, 6.45) is 0. The Morgan fingerprint density at radius 3 is 1.25 bits per heavy atom. The summed E-state index contributed by atoms with van der Waals surface area (Å²) in [5.74, 6) is 0. The lowest BCUT2D eigenvalue weighted by Gasteiger charge is -2.35. The number of rotatable bonds is 0. The average molecular weight is 407 g/mol. The number of hydrogen-bond acceptors (Lipinski definition) is 0. The standard InChI is InChI=1S/C32H22/c1-21-18-19-27-23-11-3-2-10-22(23)24-12-4-7-15-28(24)32(31(27)20-21)29-16-8-5-13-25(29)26-14-6-9-17-30(26)32/h2-20H,1H3. The molecule has 5 aromatic rings. The molecule has 7 rings (SSSR count). The molecule has 1 spiro atoms. The second-order valence-corrected chi connectivity index (χ2v) is 8.98. The molecule has 0 saturated heterocycles. The molecule has 0 aliphatic heterocycles. The molecule has 2 aliphatic rings. The van der Waals surface area contributed by atoms with Gasteiger partial charge in [0.25, 0.3) is 0 Å². The van der Waals surface area contributed by atoms with Crippen molar-refractivity contribution >= 4 is 0 Å². The van der Waals surface area contributed by atoms with Gasteiger partial charge in [0, 0.05) is 0 Å². The van der Waals surface area contributed by atoms with Gasteiger partial charge in [-0.05, 0) is 62.6 Å². The van der Waals surface area contributed by atoms with Crippen molar-refractivity contribution in [3.8, 4) is 33.4 Å². The van der Waals surface area contributed by atoms with Crippen LogP contribution >= 0.6 is 0 Å². The summed E-state index contributed by atoms with van der Waals surface area (Å²) < 4.78 is 0. The minimum absolute atomic E-state index is 0.343. The zero-order valence-electron chi connectivity index (χ0n) is 18.0. The van der Waals surface area contributed by atoms with E-state index in [4.69, 9.17) is 0 Å². The van der Waals surface area contributed by atoms with Gasteiger partial charge in [0.2, 0.25) is 0 Å². The molecule has 0 N–H and O–H groups in total. The van der Waals surface area contributed by atoms with E-state index in [-0.39, 0.29) is 5.41 Å². The van der Waals surface area contributed by atoms with Crippen LogP contribution in [0.25, 0.3) is 33.4 Å². The molecule has 0 atom stereocenters. The maximum Gasteiger partial charge on any atom is 0.0725 e. The molecule has 0 nitrogen and oxygen atoms in total. The highest BCUT2D eigenvalue weighted by molar-refractivity contribution is 5.97. The molecule has 5 aromatic carbocycles. The Kier molecular flexibility index (Phi) is 3.50. The Balaban J connectivity index is 1.79. The van der Waals surface area contributed by atoms with E-state index in [2.05, 4.69) is 122 Å². The Morgan fingerprint density at radius 2 is 0.750 bits per heavy atom. The highest BCUT2D eigenvalue weighted by Crippen LogP contribution is 2.61. The molecule has 0 unspecified atom stereocenters. The van der Waals surface area contributed by atoms with Crippen LogP contribution in [0, 0.1) is 6.92 Å². The van der Waals surface area contributed by atoms with E-state index in [1.54, 1.807) is 0 Å². The van der Waals surface area contributed by atoms with Crippen LogP contribution in [-0.4, -0.2) is 0 Å². The first-order chi connectivity index (χ1) is 15.8. The van der Waals surface area contributed by atoms with Gasteiger partial charge in [-0.1, -0.05) is 121 Å². The number of aryl methyl sites for hydroxylation is 1. The lowest BCUT2D eigenvalue weighted by Crippen LogP contribution is -2.29. The largest absolute Gasteiger partial charge is 0.0725 e. The SMILES string of the molecule is Cc1ccc2c(c1)C1(c3ccccc3-c3ccccc3-2)c2ccccc2-c2ccccc21. The fourth-order valence-corrected chi connectivity index (χ4v) is 6.16. The Bertz CT molecular complexity index is 1490. The summed E-state index contributed by atoms with van der Waals surface area (Å²) in [5, 5.41) is 0. The van der Waals surface area contributed by atoms with E-state index in [0.717, 1.165) is 0 Å². The molecular formula is C32H22. The van der Waals surface area contributed by atoms with Gasteiger partial charge in [-0.2, -0.15) is 0 Å². The maximum atomic E-state index is 2.42. The van der Waals surface area contributed by atoms with Crippen LogP contribution in [0.3, 0.4) is 0 Å². The molecule has 2 aliphatic carbocycles. The lowest BCUT2D eigenvalue weighted by atomic mass is 9.65. The fourth-order valence-electron chi connectivity index (χ4n) is 6.16. The highest BCUT2D eigenvalue weighted by Gasteiger charge is 2.49. The molecular weight excluding hydrogens is 384 g/mol. The molecule has 0 amide bonds. The van der Waals surface area contributed by atoms with Gasteiger partial charge >= 0.3 is 0 Å². The van der Waals surface area contributed by atoms with Crippen LogP contribution in [0.4, 0.5) is 0 Å². The van der Waals surface area contributed by atoms with Crippen LogP contribution in [0.2, 0.25) is 0 Å². The van der Waals surface area contributed by atoms with E-state index in [1.165, 1.54) is 61.2 Å². The van der Waals surface area contributed by atoms with E-state index in [0.29, 0.717) is 0 Å². The van der Waals surface area contributed by atoms with Gasteiger partial charge < -0.3 is 0 Å². The highest BCUT2D eigenvalue weighted by atomic mass is 14.5. The van der Waals surface area contributed by atoms with E-state index >= 15 is 0 Å². The van der Waals surface area contributed by atoms with Crippen LogP contribution in [-0.2, 0) is 5.41 Å². The van der Waals surface area contributed by atoms with Crippen molar-refractivity contribution in [1.82, 2.24) is 0 Å². The second kappa shape index (κ2) is 6.31. The summed E-state index contributed by atoms with van der Waals surface area (Å²) in [5.41, 5.74) is 14.4. The van der Waals surface area contributed by atoms with Crippen molar-refractivity contribution in [2.75, 3.05) is 0 Å². The summed E-state index contributed by atoms with van der Waals surface area (Å²) >= 11 is 0. The second-order valence-electron chi connectivity index (χ2n) is 8.98. The van der Waals surface area contributed by atoms with E-state index < -0.39 is 0 Å². The molecule has 0 bridgehead atoms. The molecule has 0 fully saturated rings. The zero-order valence-corrected chi connectivity index (χ0v) is 18.0. The van der Waals surface area contributed by atoms with Gasteiger partial charge in [0.1, 0.15) is 0 Å². The monoisotopic (exact) mass is 406 g/mol. The predicted octanol–water partition coefficient (Wildman–Crippen LogP) is 8.01. The third kappa shape index (κ3) is 2.07. The lowest BCUT2D eigenvalue weighted by molar-refractivity contribution is 0.774. The summed E-state index contributed by atoms with van der Waals surface area (Å²) in [6, 6.07) is 42.9. The Hall–Kier alpha value is -3.90. The third-order valence-electron chi connectivity index (χ3n) is 7.37.